The van der Waals surface area contributed by atoms with E-state index in [4.69, 9.17) is 16.3 Å². The van der Waals surface area contributed by atoms with Crippen LogP contribution in [0.2, 0.25) is 5.15 Å². The zero-order chi connectivity index (χ0) is 12.9. The quantitative estimate of drug-likeness (QED) is 0.625. The maximum atomic E-state index is 11.6. The number of anilines is 1. The Bertz CT molecular complexity index is 458. The molecule has 0 saturated heterocycles. The molecule has 0 spiro atoms. The number of hydrogen-bond acceptors (Lipinski definition) is 5. The molecule has 8 heteroatoms. The highest BCUT2D eigenvalue weighted by Gasteiger charge is 2.12. The fourth-order valence-electron chi connectivity index (χ4n) is 1.08. The molecule has 17 heavy (non-hydrogen) atoms. The van der Waals surface area contributed by atoms with Crippen LogP contribution >= 0.6 is 11.6 Å². The van der Waals surface area contributed by atoms with Crippen molar-refractivity contribution in [2.75, 3.05) is 23.7 Å². The molecule has 6 nitrogen and oxygen atoms in total. The molecular weight excluding hydrogens is 266 g/mol. The highest BCUT2D eigenvalue weighted by atomic mass is 35.5. The Hall–Kier alpha value is -0.920. The maximum Gasteiger partial charge on any atom is 0.238 e. The first-order valence-corrected chi connectivity index (χ1v) is 7.05. The van der Waals surface area contributed by atoms with Crippen molar-refractivity contribution in [1.29, 1.82) is 0 Å². The van der Waals surface area contributed by atoms with Crippen LogP contribution in [0.3, 0.4) is 0 Å². The standard InChI is InChI=1S/C9H14ClN3O3S/c1-3-16-4-5-17(14,15)13-9-11-7(2)6-8(10)12-9/h6H,3-5H2,1-2H3,(H,11,12,13). The molecule has 1 heterocycles. The van der Waals surface area contributed by atoms with E-state index in [1.807, 2.05) is 0 Å². The van der Waals surface area contributed by atoms with Crippen molar-refractivity contribution in [2.45, 2.75) is 13.8 Å². The summed E-state index contributed by atoms with van der Waals surface area (Å²) in [5, 5.41) is 0.194. The van der Waals surface area contributed by atoms with Gasteiger partial charge >= 0.3 is 0 Å². The number of hydrogen-bond donors (Lipinski definition) is 1. The van der Waals surface area contributed by atoms with Crippen molar-refractivity contribution < 1.29 is 13.2 Å². The predicted molar refractivity (Wildman–Crippen MR) is 65.7 cm³/mol. The summed E-state index contributed by atoms with van der Waals surface area (Å²) in [5.41, 5.74) is 0.590. The van der Waals surface area contributed by atoms with Crippen LogP contribution in [0.5, 0.6) is 0 Å². The molecule has 96 valence electrons. The lowest BCUT2D eigenvalue weighted by molar-refractivity contribution is 0.163. The van der Waals surface area contributed by atoms with E-state index in [2.05, 4.69) is 14.7 Å². The van der Waals surface area contributed by atoms with Gasteiger partial charge in [-0.2, -0.15) is 0 Å². The number of nitrogens with zero attached hydrogens (tertiary/aromatic N) is 2. The third kappa shape index (κ3) is 5.29. The summed E-state index contributed by atoms with van der Waals surface area (Å²) < 4.78 is 30.4. The van der Waals surface area contributed by atoms with Gasteiger partial charge < -0.3 is 4.74 Å². The minimum absolute atomic E-state index is 0.0218. The van der Waals surface area contributed by atoms with Crippen molar-refractivity contribution in [2.24, 2.45) is 0 Å². The summed E-state index contributed by atoms with van der Waals surface area (Å²) in [7, 11) is -3.50. The lowest BCUT2D eigenvalue weighted by Gasteiger charge is -2.07. The summed E-state index contributed by atoms with van der Waals surface area (Å²) >= 11 is 5.70. The molecule has 0 aliphatic rings. The first kappa shape index (κ1) is 14.1. The molecule has 0 bridgehead atoms. The summed E-state index contributed by atoms with van der Waals surface area (Å²) in [5.74, 6) is -0.165. The summed E-state index contributed by atoms with van der Waals surface area (Å²) in [4.78, 5) is 7.69. The smallest absolute Gasteiger partial charge is 0.238 e. The Balaban J connectivity index is 2.69. The molecule has 0 fully saturated rings. The topological polar surface area (TPSA) is 81.2 Å². The molecule has 0 atom stereocenters. The van der Waals surface area contributed by atoms with Gasteiger partial charge in [-0.25, -0.2) is 18.4 Å². The molecule has 0 saturated carbocycles. The van der Waals surface area contributed by atoms with Crippen LogP contribution in [-0.2, 0) is 14.8 Å². The lowest BCUT2D eigenvalue weighted by atomic mass is 10.5. The van der Waals surface area contributed by atoms with Gasteiger partial charge in [-0.05, 0) is 19.9 Å². The van der Waals surface area contributed by atoms with Crippen molar-refractivity contribution in [1.82, 2.24) is 9.97 Å². The first-order chi connectivity index (χ1) is 7.93. The van der Waals surface area contributed by atoms with Gasteiger partial charge in [0.15, 0.2) is 0 Å². The minimum atomic E-state index is -3.50. The number of aryl methyl sites for hydroxylation is 1. The normalized spacial score (nSPS) is 11.5. The van der Waals surface area contributed by atoms with Crippen molar-refractivity contribution in [3.05, 3.63) is 16.9 Å². The summed E-state index contributed by atoms with van der Waals surface area (Å²) in [6, 6.07) is 1.54. The number of rotatable bonds is 6. The highest BCUT2D eigenvalue weighted by molar-refractivity contribution is 7.92. The van der Waals surface area contributed by atoms with E-state index >= 15 is 0 Å². The molecule has 0 aliphatic carbocycles. The van der Waals surface area contributed by atoms with Crippen molar-refractivity contribution >= 4 is 27.6 Å². The van der Waals surface area contributed by atoms with E-state index in [0.717, 1.165) is 0 Å². The third-order valence-electron chi connectivity index (χ3n) is 1.77. The Labute approximate surface area is 105 Å². The van der Waals surface area contributed by atoms with E-state index in [0.29, 0.717) is 12.3 Å². The fraction of sp³-hybridized carbons (Fsp3) is 0.556. The van der Waals surface area contributed by atoms with Gasteiger partial charge in [-0.3, -0.25) is 4.72 Å². The predicted octanol–water partition coefficient (Wildman–Crippen LogP) is 1.22. The minimum Gasteiger partial charge on any atom is -0.381 e. The number of aromatic nitrogens is 2. The van der Waals surface area contributed by atoms with Crippen molar-refractivity contribution in [3.8, 4) is 0 Å². The van der Waals surface area contributed by atoms with Gasteiger partial charge in [-0.1, -0.05) is 11.6 Å². The largest absolute Gasteiger partial charge is 0.381 e. The first-order valence-electron chi connectivity index (χ1n) is 5.02. The highest BCUT2D eigenvalue weighted by Crippen LogP contribution is 2.10. The third-order valence-corrected chi connectivity index (χ3v) is 3.16. The monoisotopic (exact) mass is 279 g/mol. The van der Waals surface area contributed by atoms with Crippen LogP contribution in [0.25, 0.3) is 0 Å². The number of nitrogens with one attached hydrogen (secondary N) is 1. The summed E-state index contributed by atoms with van der Waals surface area (Å²) in [6.45, 7) is 4.10. The second-order valence-corrected chi connectivity index (χ2v) is 5.50. The van der Waals surface area contributed by atoms with Gasteiger partial charge in [0.05, 0.1) is 12.4 Å². The van der Waals surface area contributed by atoms with Crippen LogP contribution in [-0.4, -0.2) is 37.4 Å². The average Bonchev–Trinajstić information content (AvgIpc) is 2.14. The molecule has 1 aromatic rings. The number of sulfonamides is 1. The van der Waals surface area contributed by atoms with E-state index in [-0.39, 0.29) is 23.5 Å². The molecular formula is C9H14ClN3O3S. The van der Waals surface area contributed by atoms with E-state index in [9.17, 15) is 8.42 Å². The van der Waals surface area contributed by atoms with E-state index < -0.39 is 10.0 Å². The Kier molecular flexibility index (Phi) is 5.10. The van der Waals surface area contributed by atoms with Crippen LogP contribution in [0, 0.1) is 6.92 Å². The second-order valence-electron chi connectivity index (χ2n) is 3.27. The van der Waals surface area contributed by atoms with Gasteiger partial charge in [0.25, 0.3) is 0 Å². The SMILES string of the molecule is CCOCCS(=O)(=O)Nc1nc(C)cc(Cl)n1. The fourth-order valence-corrected chi connectivity index (χ4v) is 2.13. The van der Waals surface area contributed by atoms with E-state index in [1.165, 1.54) is 0 Å². The van der Waals surface area contributed by atoms with Gasteiger partial charge in [0.1, 0.15) is 5.15 Å². The Morgan fingerprint density at radius 3 is 2.76 bits per heavy atom. The molecule has 1 aromatic heterocycles. The van der Waals surface area contributed by atoms with E-state index in [1.54, 1.807) is 19.9 Å². The van der Waals surface area contributed by atoms with Crippen LogP contribution in [0.1, 0.15) is 12.6 Å². The van der Waals surface area contributed by atoms with Crippen molar-refractivity contribution in [3.63, 3.8) is 0 Å². The Morgan fingerprint density at radius 2 is 2.18 bits per heavy atom. The van der Waals surface area contributed by atoms with Crippen LogP contribution in [0.15, 0.2) is 6.07 Å². The molecule has 0 aliphatic heterocycles. The molecule has 0 amide bonds. The average molecular weight is 280 g/mol. The number of halogens is 1. The van der Waals surface area contributed by atoms with Gasteiger partial charge in [0, 0.05) is 12.3 Å². The molecule has 1 N–H and O–H groups in total. The van der Waals surface area contributed by atoms with Gasteiger partial charge in [0.2, 0.25) is 16.0 Å². The number of ether oxygens (including phenoxy) is 1. The summed E-state index contributed by atoms with van der Waals surface area (Å²) in [6.07, 6.45) is 0. The van der Waals surface area contributed by atoms with Crippen LogP contribution < -0.4 is 4.72 Å². The van der Waals surface area contributed by atoms with Crippen LogP contribution in [0.4, 0.5) is 5.95 Å². The molecule has 0 radical (unpaired) electrons. The zero-order valence-electron chi connectivity index (χ0n) is 9.60. The second kappa shape index (κ2) is 6.13. The lowest BCUT2D eigenvalue weighted by Crippen LogP contribution is -2.21. The molecule has 1 rings (SSSR count). The maximum absolute atomic E-state index is 11.6. The molecule has 0 unspecified atom stereocenters. The van der Waals surface area contributed by atoms with Gasteiger partial charge in [-0.15, -0.1) is 0 Å². The zero-order valence-corrected chi connectivity index (χ0v) is 11.2. The molecule has 0 aromatic carbocycles. The Morgan fingerprint density at radius 1 is 1.47 bits per heavy atom.